The highest BCUT2D eigenvalue weighted by Crippen LogP contribution is 2.35. The molecule has 0 aliphatic heterocycles. The predicted octanol–water partition coefficient (Wildman–Crippen LogP) is 5.16. The van der Waals surface area contributed by atoms with Gasteiger partial charge in [0.05, 0.1) is 17.9 Å². The summed E-state index contributed by atoms with van der Waals surface area (Å²) in [5.74, 6) is 0. The number of rotatable bonds is 4. The molecule has 1 aromatic carbocycles. The van der Waals surface area contributed by atoms with Gasteiger partial charge in [-0.2, -0.15) is 5.10 Å². The van der Waals surface area contributed by atoms with E-state index in [1.807, 2.05) is 22.2 Å². The lowest BCUT2D eigenvalue weighted by Gasteiger charge is -2.13. The summed E-state index contributed by atoms with van der Waals surface area (Å²) >= 11 is 1.87. The topological polar surface area (TPSA) is 29.9 Å². The lowest BCUT2D eigenvalue weighted by molar-refractivity contribution is 0.532. The number of fused-ring (bicyclic) bond motifs is 1. The van der Waals surface area contributed by atoms with Crippen molar-refractivity contribution in [2.75, 3.05) is 5.32 Å². The number of benzene rings is 1. The van der Waals surface area contributed by atoms with Crippen LogP contribution in [0.2, 0.25) is 0 Å². The van der Waals surface area contributed by atoms with Crippen LogP contribution in [0.25, 0.3) is 10.1 Å². The number of hydrogen-bond donors (Lipinski definition) is 1. The number of aromatic nitrogens is 2. The van der Waals surface area contributed by atoms with Gasteiger partial charge < -0.3 is 5.32 Å². The van der Waals surface area contributed by atoms with E-state index in [9.17, 15) is 0 Å². The molecule has 2 aromatic heterocycles. The predicted molar refractivity (Wildman–Crippen MR) is 91.2 cm³/mol. The van der Waals surface area contributed by atoms with Gasteiger partial charge in [-0.25, -0.2) is 0 Å². The highest BCUT2D eigenvalue weighted by molar-refractivity contribution is 7.19. The van der Waals surface area contributed by atoms with E-state index in [4.69, 9.17) is 0 Å². The summed E-state index contributed by atoms with van der Waals surface area (Å²) in [6, 6.07) is 9.28. The van der Waals surface area contributed by atoms with Crippen LogP contribution in [0.3, 0.4) is 0 Å². The fourth-order valence-electron chi connectivity index (χ4n) is 2.62. The SMILES string of the molecule is Cc1c(C(C)Nc2cnn(C(C)C)c2)sc2ccccc12. The molecule has 0 aliphatic carbocycles. The Labute approximate surface area is 129 Å². The zero-order valence-electron chi connectivity index (χ0n) is 12.9. The first kappa shape index (κ1) is 14.1. The highest BCUT2D eigenvalue weighted by atomic mass is 32.1. The molecule has 0 spiro atoms. The molecular formula is C17H21N3S. The average molecular weight is 299 g/mol. The molecule has 0 radical (unpaired) electrons. The summed E-state index contributed by atoms with van der Waals surface area (Å²) in [6.45, 7) is 8.70. The van der Waals surface area contributed by atoms with Gasteiger partial charge >= 0.3 is 0 Å². The molecule has 3 nitrogen and oxygen atoms in total. The second-order valence-corrected chi connectivity index (χ2v) is 6.84. The van der Waals surface area contributed by atoms with Crippen molar-refractivity contribution >= 4 is 27.1 Å². The van der Waals surface area contributed by atoms with Crippen molar-refractivity contribution in [2.24, 2.45) is 0 Å². The lowest BCUT2D eigenvalue weighted by atomic mass is 10.1. The molecule has 0 bridgehead atoms. The third-order valence-electron chi connectivity index (χ3n) is 3.79. The minimum atomic E-state index is 0.284. The molecule has 0 saturated carbocycles. The van der Waals surface area contributed by atoms with Crippen LogP contribution in [0.1, 0.15) is 43.3 Å². The molecule has 21 heavy (non-hydrogen) atoms. The Morgan fingerprint density at radius 2 is 1.95 bits per heavy atom. The van der Waals surface area contributed by atoms with Crippen molar-refractivity contribution in [2.45, 2.75) is 39.8 Å². The van der Waals surface area contributed by atoms with Gasteiger partial charge in [0.1, 0.15) is 0 Å². The van der Waals surface area contributed by atoms with Crippen LogP contribution in [0.4, 0.5) is 5.69 Å². The van der Waals surface area contributed by atoms with Crippen molar-refractivity contribution in [1.29, 1.82) is 0 Å². The minimum absolute atomic E-state index is 0.284. The quantitative estimate of drug-likeness (QED) is 0.721. The Bertz CT molecular complexity index is 754. The number of aryl methyl sites for hydroxylation is 1. The Kier molecular flexibility index (Phi) is 3.72. The van der Waals surface area contributed by atoms with E-state index in [1.54, 1.807) is 0 Å². The van der Waals surface area contributed by atoms with Crippen LogP contribution in [0, 0.1) is 6.92 Å². The zero-order valence-corrected chi connectivity index (χ0v) is 13.7. The Morgan fingerprint density at radius 3 is 2.62 bits per heavy atom. The first-order chi connectivity index (χ1) is 10.1. The van der Waals surface area contributed by atoms with Gasteiger partial charge in [0.25, 0.3) is 0 Å². The average Bonchev–Trinajstić information content (AvgIpc) is 3.05. The van der Waals surface area contributed by atoms with E-state index >= 15 is 0 Å². The minimum Gasteiger partial charge on any atom is -0.375 e. The van der Waals surface area contributed by atoms with Gasteiger partial charge in [0, 0.05) is 21.8 Å². The summed E-state index contributed by atoms with van der Waals surface area (Å²) < 4.78 is 3.34. The van der Waals surface area contributed by atoms with Gasteiger partial charge in [-0.05, 0) is 44.7 Å². The maximum Gasteiger partial charge on any atom is 0.0731 e. The summed E-state index contributed by atoms with van der Waals surface area (Å²) in [6.07, 6.45) is 3.98. The molecule has 4 heteroatoms. The number of thiophene rings is 1. The van der Waals surface area contributed by atoms with Crippen LogP contribution in [0.5, 0.6) is 0 Å². The molecule has 1 atom stereocenters. The van der Waals surface area contributed by atoms with Crippen molar-refractivity contribution in [3.05, 3.63) is 47.1 Å². The molecule has 3 rings (SSSR count). The van der Waals surface area contributed by atoms with Crippen molar-refractivity contribution < 1.29 is 0 Å². The van der Waals surface area contributed by atoms with E-state index < -0.39 is 0 Å². The van der Waals surface area contributed by atoms with Gasteiger partial charge in [0.15, 0.2) is 0 Å². The third kappa shape index (κ3) is 2.68. The monoisotopic (exact) mass is 299 g/mol. The van der Waals surface area contributed by atoms with Crippen LogP contribution in [0.15, 0.2) is 36.7 Å². The molecule has 110 valence electrons. The molecule has 0 aliphatic rings. The maximum atomic E-state index is 4.39. The molecule has 3 aromatic rings. The van der Waals surface area contributed by atoms with E-state index in [0.717, 1.165) is 5.69 Å². The fourth-order valence-corrected chi connectivity index (χ4v) is 3.83. The molecule has 0 saturated heterocycles. The Hall–Kier alpha value is -1.81. The zero-order chi connectivity index (χ0) is 15.0. The highest BCUT2D eigenvalue weighted by Gasteiger charge is 2.15. The summed E-state index contributed by atoms with van der Waals surface area (Å²) in [5.41, 5.74) is 2.46. The summed E-state index contributed by atoms with van der Waals surface area (Å²) in [4.78, 5) is 1.40. The van der Waals surface area contributed by atoms with E-state index in [0.29, 0.717) is 6.04 Å². The Balaban J connectivity index is 1.86. The van der Waals surface area contributed by atoms with Gasteiger partial charge in [-0.15, -0.1) is 11.3 Å². The second-order valence-electron chi connectivity index (χ2n) is 5.76. The second kappa shape index (κ2) is 5.53. The standard InChI is InChI=1S/C17H21N3S/c1-11(2)20-10-14(9-18-20)19-13(4)17-12(3)15-7-5-6-8-16(15)21-17/h5-11,13,19H,1-4H3. The van der Waals surface area contributed by atoms with Crippen LogP contribution >= 0.6 is 11.3 Å². The normalized spacial score (nSPS) is 13.0. The summed E-state index contributed by atoms with van der Waals surface area (Å²) in [7, 11) is 0. The van der Waals surface area contributed by atoms with Crippen LogP contribution < -0.4 is 5.32 Å². The number of nitrogens with one attached hydrogen (secondary N) is 1. The largest absolute Gasteiger partial charge is 0.375 e. The summed E-state index contributed by atoms with van der Waals surface area (Å²) in [5, 5.41) is 9.31. The van der Waals surface area contributed by atoms with Gasteiger partial charge in [0.2, 0.25) is 0 Å². The van der Waals surface area contributed by atoms with Gasteiger partial charge in [-0.3, -0.25) is 4.68 Å². The third-order valence-corrected chi connectivity index (χ3v) is 5.24. The molecule has 1 unspecified atom stereocenters. The van der Waals surface area contributed by atoms with Crippen LogP contribution in [-0.2, 0) is 0 Å². The fraction of sp³-hybridized carbons (Fsp3) is 0.353. The van der Waals surface area contributed by atoms with Crippen molar-refractivity contribution in [1.82, 2.24) is 9.78 Å². The molecule has 0 fully saturated rings. The molecule has 0 amide bonds. The molecule has 1 N–H and O–H groups in total. The number of anilines is 1. The number of hydrogen-bond acceptors (Lipinski definition) is 3. The van der Waals surface area contributed by atoms with Crippen molar-refractivity contribution in [3.63, 3.8) is 0 Å². The maximum absolute atomic E-state index is 4.39. The molecular weight excluding hydrogens is 278 g/mol. The van der Waals surface area contributed by atoms with E-state index in [1.165, 1.54) is 20.5 Å². The Morgan fingerprint density at radius 1 is 1.19 bits per heavy atom. The van der Waals surface area contributed by atoms with Crippen LogP contribution in [-0.4, -0.2) is 9.78 Å². The van der Waals surface area contributed by atoms with Crippen molar-refractivity contribution in [3.8, 4) is 0 Å². The molecule has 2 heterocycles. The first-order valence-corrected chi connectivity index (χ1v) is 8.16. The van der Waals surface area contributed by atoms with Gasteiger partial charge in [-0.1, -0.05) is 18.2 Å². The lowest BCUT2D eigenvalue weighted by Crippen LogP contribution is -2.05. The number of nitrogens with zero attached hydrogens (tertiary/aromatic N) is 2. The van der Waals surface area contributed by atoms with E-state index in [2.05, 4.69) is 68.6 Å². The smallest absolute Gasteiger partial charge is 0.0731 e. The first-order valence-electron chi connectivity index (χ1n) is 7.35. The van der Waals surface area contributed by atoms with E-state index in [-0.39, 0.29) is 6.04 Å².